The Hall–Kier alpha value is -2.78. The first-order valence-corrected chi connectivity index (χ1v) is 5.93. The Morgan fingerprint density at radius 3 is 1.95 bits per heavy atom. The van der Waals surface area contributed by atoms with Crippen molar-refractivity contribution in [3.05, 3.63) is 58.9 Å². The maximum absolute atomic E-state index is 8.72. The summed E-state index contributed by atoms with van der Waals surface area (Å²) in [4.78, 5) is 0. The minimum Gasteiger partial charge on any atom is -0.319 e. The second-order valence-electron chi connectivity index (χ2n) is 4.32. The van der Waals surface area contributed by atoms with Crippen LogP contribution in [0.1, 0.15) is 17.0 Å². The summed E-state index contributed by atoms with van der Waals surface area (Å²) in [6.45, 7) is 4.12. The van der Waals surface area contributed by atoms with E-state index in [-0.39, 0.29) is 5.57 Å². The van der Waals surface area contributed by atoms with Crippen molar-refractivity contribution < 1.29 is 0 Å². The molecule has 3 heteroatoms. The van der Waals surface area contributed by atoms with Crippen LogP contribution in [0.4, 0.5) is 0 Å². The molecule has 0 saturated heterocycles. The summed E-state index contributed by atoms with van der Waals surface area (Å²) in [6.07, 6.45) is 1.58. The third kappa shape index (κ3) is 2.56. The summed E-state index contributed by atoms with van der Waals surface area (Å²) in [5.74, 6) is 0. The van der Waals surface area contributed by atoms with Gasteiger partial charge >= 0.3 is 0 Å². The van der Waals surface area contributed by atoms with Crippen LogP contribution in [0.25, 0.3) is 11.8 Å². The lowest BCUT2D eigenvalue weighted by Gasteiger charge is -2.09. The van der Waals surface area contributed by atoms with Crippen LogP contribution >= 0.6 is 0 Å². The van der Waals surface area contributed by atoms with Gasteiger partial charge in [-0.3, -0.25) is 0 Å². The van der Waals surface area contributed by atoms with E-state index in [1.165, 1.54) is 11.4 Å². The first-order valence-electron chi connectivity index (χ1n) is 5.93. The minimum atomic E-state index is 0.112. The number of hydrogen-bond donors (Lipinski definition) is 0. The molecule has 0 aliphatic rings. The van der Waals surface area contributed by atoms with Crippen LogP contribution < -0.4 is 0 Å². The lowest BCUT2D eigenvalue weighted by Crippen LogP contribution is -1.98. The molecule has 1 aromatic heterocycles. The molecule has 0 unspecified atom stereocenters. The molecule has 2 rings (SSSR count). The molecule has 0 atom stereocenters. The summed E-state index contributed by atoms with van der Waals surface area (Å²) >= 11 is 0. The van der Waals surface area contributed by atoms with Crippen molar-refractivity contribution in [2.24, 2.45) is 0 Å². The predicted octanol–water partition coefficient (Wildman–Crippen LogP) is 3.52. The molecule has 1 aromatic carbocycles. The fourth-order valence-corrected chi connectivity index (χ4v) is 2.05. The van der Waals surface area contributed by atoms with Gasteiger partial charge < -0.3 is 4.57 Å². The minimum absolute atomic E-state index is 0.112. The van der Waals surface area contributed by atoms with Crippen molar-refractivity contribution >= 4 is 6.08 Å². The zero-order chi connectivity index (χ0) is 13.8. The quantitative estimate of drug-likeness (QED) is 0.762. The van der Waals surface area contributed by atoms with Crippen LogP contribution in [0.3, 0.4) is 0 Å². The molecular formula is C16H13N3. The number of benzene rings is 1. The molecule has 0 aliphatic heterocycles. The highest BCUT2D eigenvalue weighted by Gasteiger charge is 2.03. The van der Waals surface area contributed by atoms with E-state index in [1.54, 1.807) is 6.08 Å². The Bertz CT molecular complexity index is 668. The highest BCUT2D eigenvalue weighted by molar-refractivity contribution is 5.62. The smallest absolute Gasteiger partial charge is 0.130 e. The maximum Gasteiger partial charge on any atom is 0.130 e. The fraction of sp³-hybridized carbons (Fsp3) is 0.125. The second kappa shape index (κ2) is 5.25. The van der Waals surface area contributed by atoms with Gasteiger partial charge in [0.2, 0.25) is 0 Å². The Kier molecular flexibility index (Phi) is 3.50. The number of allylic oxidation sites excluding steroid dienone is 1. The first-order chi connectivity index (χ1) is 9.15. The van der Waals surface area contributed by atoms with Crippen molar-refractivity contribution in [2.75, 3.05) is 0 Å². The van der Waals surface area contributed by atoms with Gasteiger partial charge in [-0.05, 0) is 49.8 Å². The van der Waals surface area contributed by atoms with E-state index < -0.39 is 0 Å². The summed E-state index contributed by atoms with van der Waals surface area (Å²) in [6, 6.07) is 15.6. The highest BCUT2D eigenvalue weighted by Crippen LogP contribution is 2.17. The number of rotatable bonds is 2. The van der Waals surface area contributed by atoms with E-state index in [4.69, 9.17) is 10.5 Å². The summed E-state index contributed by atoms with van der Waals surface area (Å²) < 4.78 is 2.16. The van der Waals surface area contributed by atoms with Gasteiger partial charge in [-0.2, -0.15) is 10.5 Å². The Balaban J connectivity index is 2.38. The summed E-state index contributed by atoms with van der Waals surface area (Å²) in [5.41, 5.74) is 4.39. The van der Waals surface area contributed by atoms with Gasteiger partial charge in [-0.25, -0.2) is 0 Å². The Labute approximate surface area is 112 Å². The molecule has 0 radical (unpaired) electrons. The van der Waals surface area contributed by atoms with Crippen LogP contribution in [-0.4, -0.2) is 4.57 Å². The Morgan fingerprint density at radius 1 is 0.947 bits per heavy atom. The van der Waals surface area contributed by atoms with E-state index in [0.717, 1.165) is 11.3 Å². The van der Waals surface area contributed by atoms with Gasteiger partial charge in [0.1, 0.15) is 17.7 Å². The van der Waals surface area contributed by atoms with Crippen molar-refractivity contribution in [1.29, 1.82) is 10.5 Å². The van der Waals surface area contributed by atoms with Crippen molar-refractivity contribution in [3.63, 3.8) is 0 Å². The molecule has 0 N–H and O–H groups in total. The van der Waals surface area contributed by atoms with Crippen molar-refractivity contribution in [1.82, 2.24) is 4.57 Å². The average molecular weight is 247 g/mol. The standard InChI is InChI=1S/C16H13N3/c1-12-3-4-13(2)19(12)16-7-5-14(6-8-16)9-15(10-17)11-18/h3-9H,1-2H3. The van der Waals surface area contributed by atoms with Crippen LogP contribution in [-0.2, 0) is 0 Å². The van der Waals surface area contributed by atoms with Gasteiger partial charge in [0.15, 0.2) is 0 Å². The van der Waals surface area contributed by atoms with Crippen LogP contribution in [0.5, 0.6) is 0 Å². The zero-order valence-corrected chi connectivity index (χ0v) is 10.9. The molecule has 3 nitrogen and oxygen atoms in total. The van der Waals surface area contributed by atoms with Gasteiger partial charge in [-0.1, -0.05) is 12.1 Å². The number of aryl methyl sites for hydroxylation is 2. The van der Waals surface area contributed by atoms with Crippen molar-refractivity contribution in [3.8, 4) is 17.8 Å². The number of nitriles is 2. The third-order valence-electron chi connectivity index (χ3n) is 2.97. The first kappa shape index (κ1) is 12.7. The molecule has 2 aromatic rings. The predicted molar refractivity (Wildman–Crippen MR) is 74.4 cm³/mol. The molecule has 19 heavy (non-hydrogen) atoms. The number of aromatic nitrogens is 1. The fourth-order valence-electron chi connectivity index (χ4n) is 2.05. The van der Waals surface area contributed by atoms with Gasteiger partial charge in [0, 0.05) is 17.1 Å². The van der Waals surface area contributed by atoms with E-state index in [2.05, 4.69) is 30.5 Å². The van der Waals surface area contributed by atoms with Gasteiger partial charge in [-0.15, -0.1) is 0 Å². The van der Waals surface area contributed by atoms with Crippen LogP contribution in [0.2, 0.25) is 0 Å². The molecule has 0 aliphatic carbocycles. The van der Waals surface area contributed by atoms with E-state index >= 15 is 0 Å². The van der Waals surface area contributed by atoms with E-state index in [0.29, 0.717) is 0 Å². The zero-order valence-electron chi connectivity index (χ0n) is 10.9. The molecule has 0 amide bonds. The van der Waals surface area contributed by atoms with E-state index in [1.807, 2.05) is 36.4 Å². The monoisotopic (exact) mass is 247 g/mol. The third-order valence-corrected chi connectivity index (χ3v) is 2.97. The Morgan fingerprint density at radius 2 is 1.47 bits per heavy atom. The molecule has 0 saturated carbocycles. The number of hydrogen-bond acceptors (Lipinski definition) is 2. The van der Waals surface area contributed by atoms with Gasteiger partial charge in [0.05, 0.1) is 0 Å². The second-order valence-corrected chi connectivity index (χ2v) is 4.32. The SMILES string of the molecule is Cc1ccc(C)n1-c1ccc(C=C(C#N)C#N)cc1. The van der Waals surface area contributed by atoms with Crippen LogP contribution in [0, 0.1) is 36.5 Å². The normalized spacial score (nSPS) is 9.47. The lowest BCUT2D eigenvalue weighted by atomic mass is 10.1. The highest BCUT2D eigenvalue weighted by atomic mass is 15.0. The van der Waals surface area contributed by atoms with Gasteiger partial charge in [0.25, 0.3) is 0 Å². The van der Waals surface area contributed by atoms with Crippen LogP contribution in [0.15, 0.2) is 42.0 Å². The molecule has 0 bridgehead atoms. The molecular weight excluding hydrogens is 234 g/mol. The maximum atomic E-state index is 8.72. The van der Waals surface area contributed by atoms with E-state index in [9.17, 15) is 0 Å². The molecule has 0 spiro atoms. The summed E-state index contributed by atoms with van der Waals surface area (Å²) in [7, 11) is 0. The van der Waals surface area contributed by atoms with Crippen molar-refractivity contribution in [2.45, 2.75) is 13.8 Å². The molecule has 0 fully saturated rings. The molecule has 1 heterocycles. The lowest BCUT2D eigenvalue weighted by molar-refractivity contribution is 0.966. The molecule has 92 valence electrons. The number of nitrogens with zero attached hydrogens (tertiary/aromatic N) is 3. The topological polar surface area (TPSA) is 52.5 Å². The summed E-state index contributed by atoms with van der Waals surface area (Å²) in [5, 5.41) is 17.4. The largest absolute Gasteiger partial charge is 0.319 e. The average Bonchev–Trinajstić information content (AvgIpc) is 2.76.